The maximum atomic E-state index is 12.2. The van der Waals surface area contributed by atoms with Crippen LogP contribution in [0, 0.1) is 0 Å². The Morgan fingerprint density at radius 2 is 2.50 bits per heavy atom. The Kier molecular flexibility index (Phi) is 1.33. The van der Waals surface area contributed by atoms with Crippen molar-refractivity contribution in [1.29, 1.82) is 0 Å². The Hall–Kier alpha value is -0.790. The number of hydrogen-bond acceptors (Lipinski definition) is 1. The van der Waals surface area contributed by atoms with Crippen LogP contribution in [0.5, 0.6) is 0 Å². The van der Waals surface area contributed by atoms with Gasteiger partial charge in [0.2, 0.25) is 0 Å². The molecule has 0 aromatic rings. The predicted molar refractivity (Wildman–Crippen MR) is 31.0 cm³/mol. The Balaban J connectivity index is 2.63. The molecule has 1 heterocycles. The quantitative estimate of drug-likeness (QED) is 0.457. The molecule has 8 heavy (non-hydrogen) atoms. The summed E-state index contributed by atoms with van der Waals surface area (Å²) in [6.07, 6.45) is 4.73. The second-order valence-electron chi connectivity index (χ2n) is 1.86. The third-order valence-electron chi connectivity index (χ3n) is 1.01. The van der Waals surface area contributed by atoms with Crippen LogP contribution in [0.1, 0.15) is 0 Å². The van der Waals surface area contributed by atoms with Crippen LogP contribution >= 0.6 is 0 Å². The number of allylic oxidation sites excluding steroid dienone is 2. The molecule has 2 heteroatoms. The molecule has 0 aliphatic carbocycles. The van der Waals surface area contributed by atoms with Gasteiger partial charge in [0, 0.05) is 19.8 Å². The summed E-state index contributed by atoms with van der Waals surface area (Å²) in [6.45, 7) is 0.813. The minimum Gasteiger partial charge on any atom is -0.374 e. The fraction of sp³-hybridized carbons (Fsp3) is 0.333. The van der Waals surface area contributed by atoms with Gasteiger partial charge in [0.15, 0.2) is 0 Å². The van der Waals surface area contributed by atoms with Crippen LogP contribution in [0.2, 0.25) is 0 Å². The molecule has 0 radical (unpaired) electrons. The van der Waals surface area contributed by atoms with Crippen molar-refractivity contribution in [3.63, 3.8) is 0 Å². The lowest BCUT2D eigenvalue weighted by Gasteiger charge is -2.13. The molecular weight excluding hydrogens is 105 g/mol. The minimum atomic E-state index is -0.168. The zero-order valence-electron chi connectivity index (χ0n) is 4.76. The summed E-state index contributed by atoms with van der Waals surface area (Å²) in [5, 5.41) is 0. The molecule has 0 aromatic carbocycles. The summed E-state index contributed by atoms with van der Waals surface area (Å²) in [4.78, 5) is 1.79. The Bertz CT molecular complexity index is 137. The van der Waals surface area contributed by atoms with Gasteiger partial charge in [-0.25, -0.2) is 4.39 Å². The first-order valence-corrected chi connectivity index (χ1v) is 2.53. The Morgan fingerprint density at radius 1 is 1.75 bits per heavy atom. The lowest BCUT2D eigenvalue weighted by Crippen LogP contribution is -2.12. The van der Waals surface area contributed by atoms with Crippen molar-refractivity contribution in [1.82, 2.24) is 4.90 Å². The Labute approximate surface area is 48.1 Å². The molecule has 1 aliphatic heterocycles. The van der Waals surface area contributed by atoms with Crippen molar-refractivity contribution in [3.05, 3.63) is 24.2 Å². The Morgan fingerprint density at radius 3 is 2.88 bits per heavy atom. The molecule has 0 atom stereocenters. The molecule has 0 fully saturated rings. The van der Waals surface area contributed by atoms with Gasteiger partial charge in [0.1, 0.15) is 5.83 Å². The van der Waals surface area contributed by atoms with Gasteiger partial charge in [-0.1, -0.05) is 6.08 Å². The van der Waals surface area contributed by atoms with E-state index >= 15 is 0 Å². The average molecular weight is 113 g/mol. The third kappa shape index (κ3) is 1.09. The highest BCUT2D eigenvalue weighted by molar-refractivity contribution is 5.14. The lowest BCUT2D eigenvalue weighted by atomic mass is 10.3. The summed E-state index contributed by atoms with van der Waals surface area (Å²) >= 11 is 0. The number of nitrogens with zero attached hydrogens (tertiary/aromatic N) is 1. The summed E-state index contributed by atoms with van der Waals surface area (Å²) in [5.41, 5.74) is 0. The summed E-state index contributed by atoms with van der Waals surface area (Å²) in [7, 11) is 1.84. The van der Waals surface area contributed by atoms with Crippen LogP contribution in [0.15, 0.2) is 24.2 Å². The van der Waals surface area contributed by atoms with E-state index in [9.17, 15) is 4.39 Å². The van der Waals surface area contributed by atoms with E-state index in [0.29, 0.717) is 0 Å². The van der Waals surface area contributed by atoms with Gasteiger partial charge in [-0.15, -0.1) is 0 Å². The monoisotopic (exact) mass is 113 g/mol. The van der Waals surface area contributed by atoms with E-state index in [4.69, 9.17) is 0 Å². The van der Waals surface area contributed by atoms with Crippen LogP contribution in [-0.2, 0) is 0 Å². The van der Waals surface area contributed by atoms with Crippen molar-refractivity contribution in [3.8, 4) is 0 Å². The number of rotatable bonds is 0. The second-order valence-corrected chi connectivity index (χ2v) is 1.86. The molecule has 44 valence electrons. The molecule has 0 N–H and O–H groups in total. The van der Waals surface area contributed by atoms with Gasteiger partial charge in [0.05, 0.1) is 0 Å². The smallest absolute Gasteiger partial charge is 0.138 e. The van der Waals surface area contributed by atoms with Gasteiger partial charge in [-0.3, -0.25) is 0 Å². The highest BCUT2D eigenvalue weighted by Crippen LogP contribution is 2.04. The van der Waals surface area contributed by atoms with Gasteiger partial charge < -0.3 is 4.90 Å². The zero-order chi connectivity index (χ0) is 5.98. The van der Waals surface area contributed by atoms with Gasteiger partial charge in [0.25, 0.3) is 0 Å². The fourth-order valence-electron chi connectivity index (χ4n) is 0.638. The van der Waals surface area contributed by atoms with E-state index in [0.717, 1.165) is 6.54 Å². The van der Waals surface area contributed by atoms with Crippen molar-refractivity contribution in [2.24, 2.45) is 0 Å². The molecular formula is C6H8FN. The molecule has 0 unspecified atom stereocenters. The minimum absolute atomic E-state index is 0.168. The molecule has 0 aromatic heterocycles. The molecule has 1 rings (SSSR count). The highest BCUT2D eigenvalue weighted by atomic mass is 19.1. The van der Waals surface area contributed by atoms with E-state index in [2.05, 4.69) is 0 Å². The zero-order valence-corrected chi connectivity index (χ0v) is 4.76. The van der Waals surface area contributed by atoms with Crippen LogP contribution in [0.25, 0.3) is 0 Å². The number of likely N-dealkylation sites (N-methyl/N-ethyl adjacent to an activating group) is 1. The van der Waals surface area contributed by atoms with Gasteiger partial charge in [-0.05, 0) is 6.08 Å². The van der Waals surface area contributed by atoms with E-state index in [-0.39, 0.29) is 5.83 Å². The van der Waals surface area contributed by atoms with E-state index in [1.807, 2.05) is 7.05 Å². The largest absolute Gasteiger partial charge is 0.374 e. The van der Waals surface area contributed by atoms with E-state index in [1.54, 1.807) is 11.0 Å². The molecule has 0 saturated heterocycles. The summed E-state index contributed by atoms with van der Waals surface area (Å²) in [5.74, 6) is -0.168. The lowest BCUT2D eigenvalue weighted by molar-refractivity contribution is 0.475. The normalized spacial score (nSPS) is 18.8. The van der Waals surface area contributed by atoms with E-state index < -0.39 is 0 Å². The van der Waals surface area contributed by atoms with Gasteiger partial charge in [-0.2, -0.15) is 0 Å². The molecule has 1 nitrogen and oxygen atoms in total. The molecule has 0 amide bonds. The maximum absolute atomic E-state index is 12.2. The van der Waals surface area contributed by atoms with Crippen molar-refractivity contribution < 1.29 is 4.39 Å². The van der Waals surface area contributed by atoms with Crippen LogP contribution in [-0.4, -0.2) is 18.5 Å². The van der Waals surface area contributed by atoms with E-state index in [1.165, 1.54) is 12.3 Å². The molecule has 1 aliphatic rings. The SMILES string of the molecule is CN1C=C(F)C=CC1. The third-order valence-corrected chi connectivity index (χ3v) is 1.01. The van der Waals surface area contributed by atoms with Crippen molar-refractivity contribution >= 4 is 0 Å². The number of hydrogen-bond donors (Lipinski definition) is 0. The molecule has 0 spiro atoms. The van der Waals surface area contributed by atoms with Crippen molar-refractivity contribution in [2.45, 2.75) is 0 Å². The average Bonchev–Trinajstić information content (AvgIpc) is 1.64. The first kappa shape index (κ1) is 5.35. The van der Waals surface area contributed by atoms with Crippen LogP contribution in [0.4, 0.5) is 4.39 Å². The predicted octanol–water partition coefficient (Wildman–Crippen LogP) is 1.30. The van der Waals surface area contributed by atoms with Crippen LogP contribution < -0.4 is 0 Å². The standard InChI is InChI=1S/C6H8FN/c1-8-4-2-3-6(7)5-8/h2-3,5H,4H2,1H3. The van der Waals surface area contributed by atoms with Crippen molar-refractivity contribution in [2.75, 3.05) is 13.6 Å². The highest BCUT2D eigenvalue weighted by Gasteiger charge is 1.96. The molecule has 0 bridgehead atoms. The first-order valence-electron chi connectivity index (χ1n) is 2.53. The molecule has 0 saturated carbocycles. The second kappa shape index (κ2) is 1.99. The van der Waals surface area contributed by atoms with Gasteiger partial charge >= 0.3 is 0 Å². The summed E-state index contributed by atoms with van der Waals surface area (Å²) in [6, 6.07) is 0. The van der Waals surface area contributed by atoms with Crippen LogP contribution in [0.3, 0.4) is 0 Å². The topological polar surface area (TPSA) is 3.24 Å². The summed E-state index contributed by atoms with van der Waals surface area (Å²) < 4.78 is 12.2. The maximum Gasteiger partial charge on any atom is 0.138 e. The first-order chi connectivity index (χ1) is 3.79. The fourth-order valence-corrected chi connectivity index (χ4v) is 0.638. The number of halogens is 1.